The van der Waals surface area contributed by atoms with Gasteiger partial charge in [0.05, 0.1) is 12.6 Å². The number of benzene rings is 1. The fourth-order valence-corrected chi connectivity index (χ4v) is 3.60. The molecule has 1 saturated heterocycles. The number of nitrogens with one attached hydrogen (secondary N) is 1. The Balaban J connectivity index is 1.66. The van der Waals surface area contributed by atoms with E-state index in [2.05, 4.69) is 36.0 Å². The highest BCUT2D eigenvalue weighted by molar-refractivity contribution is 5.95. The molecule has 1 aromatic heterocycles. The van der Waals surface area contributed by atoms with E-state index in [0.717, 1.165) is 35.7 Å². The second-order valence-corrected chi connectivity index (χ2v) is 7.94. The van der Waals surface area contributed by atoms with Gasteiger partial charge in [-0.1, -0.05) is 13.0 Å². The van der Waals surface area contributed by atoms with Gasteiger partial charge in [0.1, 0.15) is 11.4 Å². The topological polar surface area (TPSA) is 54.5 Å². The van der Waals surface area contributed by atoms with Crippen molar-refractivity contribution in [1.82, 2.24) is 15.2 Å². The fourth-order valence-electron chi connectivity index (χ4n) is 3.60. The van der Waals surface area contributed by atoms with Crippen LogP contribution in [0.25, 0.3) is 10.9 Å². The quantitative estimate of drug-likeness (QED) is 0.892. The van der Waals surface area contributed by atoms with Crippen molar-refractivity contribution in [2.45, 2.75) is 39.2 Å². The van der Waals surface area contributed by atoms with Gasteiger partial charge in [0.25, 0.3) is 5.91 Å². The zero-order chi connectivity index (χ0) is 18.7. The van der Waals surface area contributed by atoms with Gasteiger partial charge in [-0.2, -0.15) is 0 Å². The standard InChI is InChI=1S/C21H29N3O2/c1-15-6-5-11-24(13-15)21(2,3)14-22-20(25)19-9-7-16-12-17(26-4)8-10-18(16)23-19/h7-10,12,15H,5-6,11,13-14H2,1-4H3,(H,22,25). The molecule has 0 saturated carbocycles. The molecule has 3 rings (SSSR count). The third-order valence-electron chi connectivity index (χ3n) is 5.32. The summed E-state index contributed by atoms with van der Waals surface area (Å²) < 4.78 is 5.23. The molecule has 1 fully saturated rings. The van der Waals surface area contributed by atoms with Crippen molar-refractivity contribution in [2.24, 2.45) is 5.92 Å². The molecule has 0 bridgehead atoms. The number of hydrogen-bond donors (Lipinski definition) is 1. The molecule has 0 radical (unpaired) electrons. The maximum Gasteiger partial charge on any atom is 0.269 e. The number of ether oxygens (including phenoxy) is 1. The van der Waals surface area contributed by atoms with Crippen molar-refractivity contribution in [1.29, 1.82) is 0 Å². The van der Waals surface area contributed by atoms with E-state index in [0.29, 0.717) is 12.2 Å². The molecule has 5 heteroatoms. The van der Waals surface area contributed by atoms with Gasteiger partial charge in [0.2, 0.25) is 0 Å². The number of methoxy groups -OCH3 is 1. The molecule has 140 valence electrons. The number of likely N-dealkylation sites (tertiary alicyclic amines) is 1. The molecule has 2 aromatic rings. The molecule has 1 N–H and O–H groups in total. The molecular formula is C21H29N3O2. The highest BCUT2D eigenvalue weighted by Crippen LogP contribution is 2.23. The first-order valence-corrected chi connectivity index (χ1v) is 9.37. The molecule has 1 aliphatic rings. The lowest BCUT2D eigenvalue weighted by molar-refractivity contribution is 0.0656. The van der Waals surface area contributed by atoms with Crippen LogP contribution in [0, 0.1) is 5.92 Å². The zero-order valence-electron chi connectivity index (χ0n) is 16.2. The summed E-state index contributed by atoms with van der Waals surface area (Å²) in [4.78, 5) is 19.6. The minimum absolute atomic E-state index is 0.0610. The smallest absolute Gasteiger partial charge is 0.269 e. The predicted molar refractivity (Wildman–Crippen MR) is 105 cm³/mol. The lowest BCUT2D eigenvalue weighted by Gasteiger charge is -2.43. The molecule has 1 aromatic carbocycles. The van der Waals surface area contributed by atoms with Crippen LogP contribution in [0.5, 0.6) is 5.75 Å². The Labute approximate surface area is 155 Å². The molecule has 5 nitrogen and oxygen atoms in total. The molecule has 0 spiro atoms. The lowest BCUT2D eigenvalue weighted by atomic mass is 9.93. The van der Waals surface area contributed by atoms with Gasteiger partial charge in [0.15, 0.2) is 0 Å². The van der Waals surface area contributed by atoms with Crippen molar-refractivity contribution >= 4 is 16.8 Å². The molecule has 1 amide bonds. The first-order valence-electron chi connectivity index (χ1n) is 9.37. The van der Waals surface area contributed by atoms with Crippen LogP contribution in [0.2, 0.25) is 0 Å². The second kappa shape index (κ2) is 7.62. The van der Waals surface area contributed by atoms with E-state index in [4.69, 9.17) is 4.74 Å². The second-order valence-electron chi connectivity index (χ2n) is 7.94. The Kier molecular flexibility index (Phi) is 5.47. The summed E-state index contributed by atoms with van der Waals surface area (Å²) in [5, 5.41) is 4.03. The monoisotopic (exact) mass is 355 g/mol. The van der Waals surface area contributed by atoms with E-state index in [-0.39, 0.29) is 11.4 Å². The Bertz CT molecular complexity index is 788. The minimum Gasteiger partial charge on any atom is -0.497 e. The summed E-state index contributed by atoms with van der Waals surface area (Å²) in [7, 11) is 1.64. The van der Waals surface area contributed by atoms with Crippen LogP contribution < -0.4 is 10.1 Å². The first kappa shape index (κ1) is 18.6. The number of piperidine rings is 1. The van der Waals surface area contributed by atoms with E-state index in [1.807, 2.05) is 24.3 Å². The fraction of sp³-hybridized carbons (Fsp3) is 0.524. The molecule has 1 atom stereocenters. The van der Waals surface area contributed by atoms with E-state index >= 15 is 0 Å². The van der Waals surface area contributed by atoms with E-state index < -0.39 is 0 Å². The van der Waals surface area contributed by atoms with Gasteiger partial charge >= 0.3 is 0 Å². The molecule has 1 unspecified atom stereocenters. The van der Waals surface area contributed by atoms with Crippen molar-refractivity contribution in [2.75, 3.05) is 26.7 Å². The largest absolute Gasteiger partial charge is 0.497 e. The van der Waals surface area contributed by atoms with Crippen LogP contribution in [-0.4, -0.2) is 48.1 Å². The Morgan fingerprint density at radius 2 is 2.15 bits per heavy atom. The van der Waals surface area contributed by atoms with Crippen molar-refractivity contribution in [3.05, 3.63) is 36.0 Å². The number of hydrogen-bond acceptors (Lipinski definition) is 4. The summed E-state index contributed by atoms with van der Waals surface area (Å²) in [5.41, 5.74) is 1.18. The van der Waals surface area contributed by atoms with E-state index in [9.17, 15) is 4.79 Å². The maximum atomic E-state index is 12.6. The third-order valence-corrected chi connectivity index (χ3v) is 5.32. The van der Waals surface area contributed by atoms with Crippen molar-refractivity contribution in [3.63, 3.8) is 0 Å². The number of amides is 1. The Morgan fingerprint density at radius 3 is 2.88 bits per heavy atom. The lowest BCUT2D eigenvalue weighted by Crippen LogP contribution is -2.54. The van der Waals surface area contributed by atoms with Gasteiger partial charge in [0, 0.05) is 24.0 Å². The summed E-state index contributed by atoms with van der Waals surface area (Å²) in [6.07, 6.45) is 2.53. The normalized spacial score (nSPS) is 18.7. The van der Waals surface area contributed by atoms with Crippen LogP contribution in [0.15, 0.2) is 30.3 Å². The Morgan fingerprint density at radius 1 is 1.35 bits per heavy atom. The van der Waals surface area contributed by atoms with E-state index in [1.165, 1.54) is 12.8 Å². The number of aromatic nitrogens is 1. The number of carbonyl (C=O) groups excluding carboxylic acids is 1. The zero-order valence-corrected chi connectivity index (χ0v) is 16.2. The van der Waals surface area contributed by atoms with Gasteiger partial charge in [-0.25, -0.2) is 4.98 Å². The number of carbonyl (C=O) groups is 1. The minimum atomic E-state index is -0.124. The number of pyridine rings is 1. The van der Waals surface area contributed by atoms with Crippen LogP contribution in [0.4, 0.5) is 0 Å². The summed E-state index contributed by atoms with van der Waals surface area (Å²) in [6.45, 7) is 9.51. The van der Waals surface area contributed by atoms with Gasteiger partial charge < -0.3 is 10.1 Å². The van der Waals surface area contributed by atoms with Crippen LogP contribution in [0.3, 0.4) is 0 Å². The van der Waals surface area contributed by atoms with Gasteiger partial charge in [-0.05, 0) is 63.4 Å². The molecule has 1 aliphatic heterocycles. The molecule has 0 aliphatic carbocycles. The van der Waals surface area contributed by atoms with Gasteiger partial charge in [-0.15, -0.1) is 0 Å². The average molecular weight is 355 g/mol. The predicted octanol–water partition coefficient (Wildman–Crippen LogP) is 3.48. The first-order chi connectivity index (χ1) is 12.4. The molecule has 2 heterocycles. The van der Waals surface area contributed by atoms with Crippen LogP contribution in [-0.2, 0) is 0 Å². The summed E-state index contributed by atoms with van der Waals surface area (Å²) in [5.74, 6) is 1.38. The summed E-state index contributed by atoms with van der Waals surface area (Å²) in [6, 6.07) is 9.34. The highest BCUT2D eigenvalue weighted by atomic mass is 16.5. The SMILES string of the molecule is COc1ccc2nc(C(=O)NCC(C)(C)N3CCCC(C)C3)ccc2c1. The number of nitrogens with zero attached hydrogens (tertiary/aromatic N) is 2. The average Bonchev–Trinajstić information content (AvgIpc) is 2.65. The van der Waals surface area contributed by atoms with Crippen LogP contribution >= 0.6 is 0 Å². The highest BCUT2D eigenvalue weighted by Gasteiger charge is 2.30. The number of fused-ring (bicyclic) bond motifs is 1. The Hall–Kier alpha value is -2.14. The van der Waals surface area contributed by atoms with Gasteiger partial charge in [-0.3, -0.25) is 9.69 Å². The number of rotatable bonds is 5. The van der Waals surface area contributed by atoms with Crippen molar-refractivity contribution < 1.29 is 9.53 Å². The third kappa shape index (κ3) is 4.15. The molecular weight excluding hydrogens is 326 g/mol. The molecule has 26 heavy (non-hydrogen) atoms. The summed E-state index contributed by atoms with van der Waals surface area (Å²) >= 11 is 0. The van der Waals surface area contributed by atoms with Crippen LogP contribution in [0.1, 0.15) is 44.1 Å². The van der Waals surface area contributed by atoms with Crippen molar-refractivity contribution in [3.8, 4) is 5.75 Å². The maximum absolute atomic E-state index is 12.6. The van der Waals surface area contributed by atoms with E-state index in [1.54, 1.807) is 13.2 Å².